The molecule has 4 heterocycles. The molecule has 0 aromatic carbocycles. The van der Waals surface area contributed by atoms with Crippen molar-refractivity contribution < 1.29 is 4.79 Å². The molecule has 1 aliphatic heterocycles. The SMILES string of the molecule is Cc1cc(C2=NCc3cc(CC(=O)C[C@H](C)c4cc(Cl)ccn4)ncc32)ccn1. The van der Waals surface area contributed by atoms with Crippen LogP contribution in [0.3, 0.4) is 0 Å². The van der Waals surface area contributed by atoms with Crippen LogP contribution in [0, 0.1) is 6.92 Å². The third-order valence-electron chi connectivity index (χ3n) is 5.04. The number of aryl methyl sites for hydroxylation is 1. The van der Waals surface area contributed by atoms with Gasteiger partial charge in [-0.05, 0) is 42.8 Å². The van der Waals surface area contributed by atoms with E-state index in [9.17, 15) is 4.79 Å². The summed E-state index contributed by atoms with van der Waals surface area (Å²) in [5.41, 5.74) is 6.69. The van der Waals surface area contributed by atoms with Crippen LogP contribution in [0.5, 0.6) is 0 Å². The van der Waals surface area contributed by atoms with Gasteiger partial charge in [0.05, 0.1) is 12.3 Å². The van der Waals surface area contributed by atoms with Crippen molar-refractivity contribution in [3.05, 3.63) is 87.7 Å². The predicted molar refractivity (Wildman–Crippen MR) is 114 cm³/mol. The largest absolute Gasteiger partial charge is 0.299 e. The molecule has 3 aromatic heterocycles. The van der Waals surface area contributed by atoms with Gasteiger partial charge in [0, 0.05) is 70.6 Å². The zero-order valence-corrected chi connectivity index (χ0v) is 17.1. The lowest BCUT2D eigenvalue weighted by atomic mass is 9.97. The van der Waals surface area contributed by atoms with Crippen molar-refractivity contribution in [3.63, 3.8) is 0 Å². The maximum atomic E-state index is 12.6. The van der Waals surface area contributed by atoms with E-state index in [4.69, 9.17) is 11.6 Å². The quantitative estimate of drug-likeness (QED) is 0.607. The molecule has 29 heavy (non-hydrogen) atoms. The van der Waals surface area contributed by atoms with Crippen LogP contribution in [0.1, 0.15) is 53.0 Å². The number of Topliss-reactive ketones (excluding diaryl/α,β-unsaturated/α-hetero) is 1. The van der Waals surface area contributed by atoms with Crippen molar-refractivity contribution in [1.82, 2.24) is 15.0 Å². The standard InChI is InChI=1S/C23H21ClN4O/c1-14(22-10-18(24)4-6-26-22)7-20(29)11-19-9-17-12-28-23(21(17)13-27-19)16-3-5-25-15(2)8-16/h3-6,8-10,13-14H,7,11-12H2,1-2H3/t14-/m0/s1. The van der Waals surface area contributed by atoms with Crippen molar-refractivity contribution in [1.29, 1.82) is 0 Å². The molecule has 0 amide bonds. The lowest BCUT2D eigenvalue weighted by Gasteiger charge is -2.11. The molecule has 0 spiro atoms. The maximum Gasteiger partial charge on any atom is 0.139 e. The Labute approximate surface area is 174 Å². The van der Waals surface area contributed by atoms with Crippen molar-refractivity contribution in [2.24, 2.45) is 4.99 Å². The average molecular weight is 405 g/mol. The molecule has 3 aromatic rings. The van der Waals surface area contributed by atoms with Crippen LogP contribution in [0.4, 0.5) is 0 Å². The smallest absolute Gasteiger partial charge is 0.139 e. The molecule has 1 atom stereocenters. The van der Waals surface area contributed by atoms with E-state index in [0.717, 1.165) is 39.5 Å². The summed E-state index contributed by atoms with van der Waals surface area (Å²) >= 11 is 6.02. The van der Waals surface area contributed by atoms with E-state index in [-0.39, 0.29) is 11.7 Å². The fourth-order valence-corrected chi connectivity index (χ4v) is 3.76. The number of ketones is 1. The van der Waals surface area contributed by atoms with Gasteiger partial charge < -0.3 is 0 Å². The first-order valence-corrected chi connectivity index (χ1v) is 9.96. The van der Waals surface area contributed by atoms with Crippen molar-refractivity contribution >= 4 is 23.1 Å². The Morgan fingerprint density at radius 1 is 1.14 bits per heavy atom. The van der Waals surface area contributed by atoms with Crippen molar-refractivity contribution in [2.75, 3.05) is 0 Å². The first-order valence-electron chi connectivity index (χ1n) is 9.58. The van der Waals surface area contributed by atoms with Crippen LogP contribution < -0.4 is 0 Å². The van der Waals surface area contributed by atoms with Gasteiger partial charge in [0.25, 0.3) is 0 Å². The lowest BCUT2D eigenvalue weighted by molar-refractivity contribution is -0.118. The molecular weight excluding hydrogens is 384 g/mol. The molecule has 4 rings (SSSR count). The second-order valence-corrected chi connectivity index (χ2v) is 7.84. The Kier molecular flexibility index (Phi) is 5.49. The molecular formula is C23H21ClN4O. The van der Waals surface area contributed by atoms with E-state index < -0.39 is 0 Å². The first kappa shape index (κ1) is 19.4. The average Bonchev–Trinajstić information content (AvgIpc) is 3.11. The second kappa shape index (κ2) is 8.21. The molecule has 146 valence electrons. The summed E-state index contributed by atoms with van der Waals surface area (Å²) in [6, 6.07) is 9.53. The van der Waals surface area contributed by atoms with Gasteiger partial charge in [-0.2, -0.15) is 0 Å². The van der Waals surface area contributed by atoms with Gasteiger partial charge in [-0.1, -0.05) is 18.5 Å². The number of carbonyl (C=O) groups excluding carboxylic acids is 1. The predicted octanol–water partition coefficient (Wildman–Crippen LogP) is 4.49. The molecule has 0 saturated heterocycles. The molecule has 6 heteroatoms. The summed E-state index contributed by atoms with van der Waals surface area (Å²) in [4.78, 5) is 30.3. The fraction of sp³-hybridized carbons (Fsp3) is 0.261. The topological polar surface area (TPSA) is 68.1 Å². The van der Waals surface area contributed by atoms with E-state index in [2.05, 4.69) is 19.9 Å². The van der Waals surface area contributed by atoms with Crippen LogP contribution in [-0.4, -0.2) is 26.4 Å². The lowest BCUT2D eigenvalue weighted by Crippen LogP contribution is -2.10. The number of aromatic nitrogens is 3. The van der Waals surface area contributed by atoms with Gasteiger partial charge in [0.15, 0.2) is 0 Å². The third-order valence-corrected chi connectivity index (χ3v) is 5.27. The molecule has 0 N–H and O–H groups in total. The highest BCUT2D eigenvalue weighted by molar-refractivity contribution is 6.30. The number of hydrogen-bond acceptors (Lipinski definition) is 5. The number of halogens is 1. The van der Waals surface area contributed by atoms with E-state index >= 15 is 0 Å². The Bertz CT molecular complexity index is 1110. The highest BCUT2D eigenvalue weighted by Crippen LogP contribution is 2.24. The summed E-state index contributed by atoms with van der Waals surface area (Å²) in [6.07, 6.45) is 6.01. The molecule has 0 bridgehead atoms. The Morgan fingerprint density at radius 2 is 1.97 bits per heavy atom. The highest BCUT2D eigenvalue weighted by Gasteiger charge is 2.20. The first-order chi connectivity index (χ1) is 14.0. The number of rotatable bonds is 6. The summed E-state index contributed by atoms with van der Waals surface area (Å²) in [5.74, 6) is 0.149. The number of carbonyl (C=O) groups is 1. The normalized spacial score (nSPS) is 13.7. The Morgan fingerprint density at radius 3 is 2.76 bits per heavy atom. The Hall–Kier alpha value is -2.92. The molecule has 5 nitrogen and oxygen atoms in total. The third kappa shape index (κ3) is 4.40. The van der Waals surface area contributed by atoms with Crippen LogP contribution in [-0.2, 0) is 17.8 Å². The van der Waals surface area contributed by atoms with Gasteiger partial charge in [-0.25, -0.2) is 0 Å². The van der Waals surface area contributed by atoms with Gasteiger partial charge in [0.1, 0.15) is 5.78 Å². The van der Waals surface area contributed by atoms with E-state index in [1.165, 1.54) is 0 Å². The number of fused-ring (bicyclic) bond motifs is 1. The van der Waals surface area contributed by atoms with Crippen LogP contribution in [0.25, 0.3) is 0 Å². The molecule has 0 aliphatic carbocycles. The number of nitrogens with zero attached hydrogens (tertiary/aromatic N) is 4. The van der Waals surface area contributed by atoms with Gasteiger partial charge in [-0.3, -0.25) is 24.7 Å². The van der Waals surface area contributed by atoms with Crippen molar-refractivity contribution in [3.8, 4) is 0 Å². The fourth-order valence-electron chi connectivity index (χ4n) is 3.59. The minimum absolute atomic E-state index is 0.0143. The number of aliphatic imine (C=N–C) groups is 1. The minimum Gasteiger partial charge on any atom is -0.299 e. The van der Waals surface area contributed by atoms with E-state index in [1.54, 1.807) is 18.5 Å². The molecule has 0 saturated carbocycles. The van der Waals surface area contributed by atoms with Gasteiger partial charge >= 0.3 is 0 Å². The molecule has 0 unspecified atom stereocenters. The van der Waals surface area contributed by atoms with Crippen LogP contribution in [0.15, 0.2) is 53.9 Å². The zero-order valence-electron chi connectivity index (χ0n) is 16.4. The maximum absolute atomic E-state index is 12.6. The summed E-state index contributed by atoms with van der Waals surface area (Å²) < 4.78 is 0. The number of hydrogen-bond donors (Lipinski definition) is 0. The second-order valence-electron chi connectivity index (χ2n) is 7.40. The van der Waals surface area contributed by atoms with E-state index in [0.29, 0.717) is 24.4 Å². The molecule has 1 aliphatic rings. The minimum atomic E-state index is 0.0143. The summed E-state index contributed by atoms with van der Waals surface area (Å²) in [5, 5.41) is 0.634. The highest BCUT2D eigenvalue weighted by atomic mass is 35.5. The molecule has 0 fully saturated rings. The summed E-state index contributed by atoms with van der Waals surface area (Å²) in [6.45, 7) is 4.56. The van der Waals surface area contributed by atoms with Crippen LogP contribution in [0.2, 0.25) is 5.02 Å². The monoisotopic (exact) mass is 404 g/mol. The van der Waals surface area contributed by atoms with E-state index in [1.807, 2.05) is 44.3 Å². The van der Waals surface area contributed by atoms with Gasteiger partial charge in [-0.15, -0.1) is 0 Å². The summed E-state index contributed by atoms with van der Waals surface area (Å²) in [7, 11) is 0. The number of pyridine rings is 3. The van der Waals surface area contributed by atoms with Gasteiger partial charge in [0.2, 0.25) is 0 Å². The van der Waals surface area contributed by atoms with Crippen LogP contribution >= 0.6 is 11.6 Å². The Balaban J connectivity index is 1.44. The molecule has 0 radical (unpaired) electrons. The zero-order chi connectivity index (χ0) is 20.4. The van der Waals surface area contributed by atoms with Crippen molar-refractivity contribution in [2.45, 2.75) is 39.2 Å².